The molecule has 1 aromatic rings. The maximum atomic E-state index is 12.2. The van der Waals surface area contributed by atoms with E-state index < -0.39 is 12.1 Å². The summed E-state index contributed by atoms with van der Waals surface area (Å²) in [6.07, 6.45) is 1.64. The summed E-state index contributed by atoms with van der Waals surface area (Å²) in [5, 5.41) is 2.95. The number of epoxide rings is 1. The predicted molar refractivity (Wildman–Crippen MR) is 86.2 cm³/mol. The first-order valence-corrected chi connectivity index (χ1v) is 8.35. The second-order valence-electron chi connectivity index (χ2n) is 6.24. The Balaban J connectivity index is 1.81. The fraction of sp³-hybridized carbons (Fsp3) is 0.556. The van der Waals surface area contributed by atoms with Crippen LogP contribution in [-0.4, -0.2) is 43.8 Å². The van der Waals surface area contributed by atoms with Crippen LogP contribution in [0.25, 0.3) is 0 Å². The molecule has 1 aromatic carbocycles. The van der Waals surface area contributed by atoms with Gasteiger partial charge in [0.1, 0.15) is 6.10 Å². The summed E-state index contributed by atoms with van der Waals surface area (Å²) >= 11 is 0. The molecule has 2 heterocycles. The number of fused-ring (bicyclic) bond motifs is 1. The number of amides is 1. The van der Waals surface area contributed by atoms with Gasteiger partial charge in [0.2, 0.25) is 5.91 Å². The second-order valence-corrected chi connectivity index (χ2v) is 6.24. The highest BCUT2D eigenvalue weighted by atomic mass is 16.6. The third kappa shape index (κ3) is 4.33. The van der Waals surface area contributed by atoms with E-state index in [-0.39, 0.29) is 30.7 Å². The van der Waals surface area contributed by atoms with Crippen molar-refractivity contribution in [3.8, 4) is 0 Å². The third-order valence-electron chi connectivity index (χ3n) is 4.42. The maximum Gasteiger partial charge on any atom is 0.306 e. The minimum Gasteiger partial charge on any atom is -0.455 e. The van der Waals surface area contributed by atoms with E-state index >= 15 is 0 Å². The average Bonchev–Trinajstić information content (AvgIpc) is 3.34. The van der Waals surface area contributed by atoms with Crippen molar-refractivity contribution in [3.63, 3.8) is 0 Å². The smallest absolute Gasteiger partial charge is 0.306 e. The van der Waals surface area contributed by atoms with E-state index in [4.69, 9.17) is 14.2 Å². The molecule has 0 aromatic heterocycles. The van der Waals surface area contributed by atoms with Gasteiger partial charge in [0.05, 0.1) is 24.9 Å². The van der Waals surface area contributed by atoms with Gasteiger partial charge >= 0.3 is 5.97 Å². The number of nitrogens with one attached hydrogen (secondary N) is 1. The molecule has 3 rings (SSSR count). The standard InChI is InChI=1S/C18H23NO5/c1-22-11-13-18(12-5-3-2-4-6-12)24-17(21)10-8-15-14(23-15)7-9-16(20)19-13/h2-6,13-15,18H,7-11H2,1H3,(H,19,20)/t13?,14-,15-,18+/m0/s1. The minimum atomic E-state index is -0.571. The quantitative estimate of drug-likeness (QED) is 0.673. The summed E-state index contributed by atoms with van der Waals surface area (Å²) in [5.74, 6) is -0.363. The largest absolute Gasteiger partial charge is 0.455 e. The van der Waals surface area contributed by atoms with Crippen molar-refractivity contribution in [2.45, 2.75) is 50.0 Å². The zero-order valence-electron chi connectivity index (χ0n) is 13.8. The van der Waals surface area contributed by atoms with E-state index in [9.17, 15) is 9.59 Å². The molecule has 4 atom stereocenters. The molecule has 24 heavy (non-hydrogen) atoms. The van der Waals surface area contributed by atoms with Gasteiger partial charge in [-0.25, -0.2) is 0 Å². The topological polar surface area (TPSA) is 77.2 Å². The fourth-order valence-electron chi connectivity index (χ4n) is 3.11. The van der Waals surface area contributed by atoms with Gasteiger partial charge in [-0.15, -0.1) is 0 Å². The van der Waals surface area contributed by atoms with E-state index in [0.717, 1.165) is 5.56 Å². The molecule has 1 N–H and O–H groups in total. The Labute approximate surface area is 141 Å². The summed E-state index contributed by atoms with van der Waals surface area (Å²) < 4.78 is 16.4. The van der Waals surface area contributed by atoms with E-state index in [1.54, 1.807) is 7.11 Å². The first kappa shape index (κ1) is 16.9. The molecule has 0 bridgehead atoms. The Morgan fingerprint density at radius 3 is 2.54 bits per heavy atom. The van der Waals surface area contributed by atoms with E-state index in [0.29, 0.717) is 25.7 Å². The van der Waals surface area contributed by atoms with E-state index in [2.05, 4.69) is 5.32 Å². The normalized spacial score (nSPS) is 31.0. The summed E-state index contributed by atoms with van der Waals surface area (Å²) in [7, 11) is 1.56. The van der Waals surface area contributed by atoms with Crippen molar-refractivity contribution < 1.29 is 23.8 Å². The fourth-order valence-corrected chi connectivity index (χ4v) is 3.11. The minimum absolute atomic E-state index is 0.0784. The highest BCUT2D eigenvalue weighted by Gasteiger charge is 2.39. The molecule has 0 saturated carbocycles. The number of ether oxygens (including phenoxy) is 3. The van der Waals surface area contributed by atoms with Gasteiger partial charge in [0, 0.05) is 20.0 Å². The van der Waals surface area contributed by atoms with Crippen LogP contribution in [0.5, 0.6) is 0 Å². The van der Waals surface area contributed by atoms with Crippen molar-refractivity contribution in [2.24, 2.45) is 0 Å². The van der Waals surface area contributed by atoms with Gasteiger partial charge in [0.15, 0.2) is 0 Å². The van der Waals surface area contributed by atoms with Gasteiger partial charge in [-0.1, -0.05) is 30.3 Å². The first-order valence-electron chi connectivity index (χ1n) is 8.35. The van der Waals surface area contributed by atoms with Crippen LogP contribution >= 0.6 is 0 Å². The van der Waals surface area contributed by atoms with Crippen LogP contribution in [0, 0.1) is 0 Å². The van der Waals surface area contributed by atoms with Crippen LogP contribution in [0.2, 0.25) is 0 Å². The molecular weight excluding hydrogens is 310 g/mol. The maximum absolute atomic E-state index is 12.2. The van der Waals surface area contributed by atoms with Crippen LogP contribution in [0.4, 0.5) is 0 Å². The highest BCUT2D eigenvalue weighted by molar-refractivity contribution is 5.76. The number of benzene rings is 1. The summed E-state index contributed by atoms with van der Waals surface area (Å²) in [6, 6.07) is 9.01. The molecule has 2 saturated heterocycles. The van der Waals surface area contributed by atoms with Gasteiger partial charge in [-0.05, 0) is 18.4 Å². The molecule has 130 valence electrons. The van der Waals surface area contributed by atoms with Crippen molar-refractivity contribution in [2.75, 3.05) is 13.7 Å². The van der Waals surface area contributed by atoms with Crippen molar-refractivity contribution in [1.82, 2.24) is 5.32 Å². The summed E-state index contributed by atoms with van der Waals surface area (Å²) in [5.41, 5.74) is 0.839. The molecule has 2 aliphatic heterocycles. The molecular formula is C18H23NO5. The zero-order chi connectivity index (χ0) is 16.9. The van der Waals surface area contributed by atoms with Crippen LogP contribution in [0.3, 0.4) is 0 Å². The lowest BCUT2D eigenvalue weighted by Gasteiger charge is -2.28. The molecule has 6 nitrogen and oxygen atoms in total. The molecule has 0 radical (unpaired) electrons. The van der Waals surface area contributed by atoms with Crippen LogP contribution in [0.1, 0.15) is 37.4 Å². The Bertz CT molecular complexity index is 576. The summed E-state index contributed by atoms with van der Waals surface area (Å²) in [6.45, 7) is 0.265. The summed E-state index contributed by atoms with van der Waals surface area (Å²) in [4.78, 5) is 24.5. The van der Waals surface area contributed by atoms with Crippen LogP contribution in [0.15, 0.2) is 30.3 Å². The Morgan fingerprint density at radius 2 is 1.83 bits per heavy atom. The number of carbonyl (C=O) groups is 2. The predicted octanol–water partition coefficient (Wildman–Crippen LogP) is 1.74. The molecule has 1 amide bonds. The number of methoxy groups -OCH3 is 1. The third-order valence-corrected chi connectivity index (χ3v) is 4.42. The molecule has 1 unspecified atom stereocenters. The number of rotatable bonds is 3. The lowest BCUT2D eigenvalue weighted by atomic mass is 10.0. The zero-order valence-corrected chi connectivity index (χ0v) is 13.8. The van der Waals surface area contributed by atoms with Crippen molar-refractivity contribution >= 4 is 11.9 Å². The van der Waals surface area contributed by atoms with E-state index in [1.165, 1.54) is 0 Å². The Hall–Kier alpha value is -1.92. The number of carbonyl (C=O) groups excluding carboxylic acids is 2. The number of hydrogen-bond donors (Lipinski definition) is 1. The van der Waals surface area contributed by atoms with Crippen LogP contribution < -0.4 is 5.32 Å². The molecule has 6 heteroatoms. The second kappa shape index (κ2) is 7.77. The number of esters is 1. The van der Waals surface area contributed by atoms with Crippen molar-refractivity contribution in [1.29, 1.82) is 0 Å². The number of hydrogen-bond acceptors (Lipinski definition) is 5. The molecule has 2 fully saturated rings. The van der Waals surface area contributed by atoms with Gasteiger partial charge in [-0.2, -0.15) is 0 Å². The van der Waals surface area contributed by atoms with Gasteiger partial charge < -0.3 is 19.5 Å². The molecule has 0 aliphatic carbocycles. The average molecular weight is 333 g/mol. The molecule has 2 aliphatic rings. The lowest BCUT2D eigenvalue weighted by Crippen LogP contribution is -2.44. The molecule has 0 spiro atoms. The number of cyclic esters (lactones) is 1. The lowest BCUT2D eigenvalue weighted by molar-refractivity contribution is -0.153. The van der Waals surface area contributed by atoms with Crippen molar-refractivity contribution in [3.05, 3.63) is 35.9 Å². The Kier molecular flexibility index (Phi) is 5.48. The van der Waals surface area contributed by atoms with Gasteiger partial charge in [-0.3, -0.25) is 9.59 Å². The first-order chi connectivity index (χ1) is 11.7. The highest BCUT2D eigenvalue weighted by Crippen LogP contribution is 2.32. The monoisotopic (exact) mass is 333 g/mol. The Morgan fingerprint density at radius 1 is 1.12 bits per heavy atom. The van der Waals surface area contributed by atoms with Crippen LogP contribution in [-0.2, 0) is 23.8 Å². The van der Waals surface area contributed by atoms with Gasteiger partial charge in [0.25, 0.3) is 0 Å². The SMILES string of the molecule is COCC1NC(=O)CC[C@@H]2O[C@H]2CCC(=O)O[C@@H]1c1ccccc1. The van der Waals surface area contributed by atoms with E-state index in [1.807, 2.05) is 30.3 Å².